The number of aryl methyl sites for hydroxylation is 2. The molecular formula is C27H30O9. The minimum Gasteiger partial charge on any atom is -0.506 e. The predicted molar refractivity (Wildman–Crippen MR) is 130 cm³/mol. The summed E-state index contributed by atoms with van der Waals surface area (Å²) in [5, 5.41) is 52.1. The first-order valence-corrected chi connectivity index (χ1v) is 11.6. The van der Waals surface area contributed by atoms with E-state index in [2.05, 4.69) is 0 Å². The third-order valence-electron chi connectivity index (χ3n) is 6.44. The van der Waals surface area contributed by atoms with E-state index in [1.807, 2.05) is 30.3 Å². The zero-order chi connectivity index (χ0) is 26.0. The van der Waals surface area contributed by atoms with E-state index in [0.29, 0.717) is 23.1 Å². The molecule has 0 bridgehead atoms. The van der Waals surface area contributed by atoms with Crippen molar-refractivity contribution in [2.75, 3.05) is 13.7 Å². The largest absolute Gasteiger partial charge is 0.506 e. The molecule has 1 heterocycles. The maximum atomic E-state index is 13.2. The first-order chi connectivity index (χ1) is 17.2. The number of benzene rings is 3. The Hall–Kier alpha value is -3.21. The summed E-state index contributed by atoms with van der Waals surface area (Å²) in [6, 6.07) is 14.4. The van der Waals surface area contributed by atoms with Gasteiger partial charge in [-0.15, -0.1) is 0 Å². The topological polar surface area (TPSA) is 146 Å². The SMILES string of the molecule is COc1cc(O[C@@H]2O[C@H](CO)[C@@H](O)[C@H](O)[C@H]2O)c2c(O)c(C(=O)CCc3ccccc3)c(C)cc2c1. The number of aliphatic hydroxyl groups excluding tert-OH is 4. The van der Waals surface area contributed by atoms with Gasteiger partial charge in [0.2, 0.25) is 6.29 Å². The lowest BCUT2D eigenvalue weighted by molar-refractivity contribution is -0.277. The Morgan fingerprint density at radius 3 is 2.42 bits per heavy atom. The average Bonchev–Trinajstić information content (AvgIpc) is 2.87. The second-order valence-corrected chi connectivity index (χ2v) is 8.86. The number of carbonyl (C=O) groups excluding carboxylic acids is 1. The molecule has 192 valence electrons. The van der Waals surface area contributed by atoms with E-state index in [1.54, 1.807) is 19.1 Å². The van der Waals surface area contributed by atoms with Gasteiger partial charge >= 0.3 is 0 Å². The molecule has 9 nitrogen and oxygen atoms in total. The van der Waals surface area contributed by atoms with Gasteiger partial charge < -0.3 is 39.7 Å². The first-order valence-electron chi connectivity index (χ1n) is 11.6. The van der Waals surface area contributed by atoms with E-state index >= 15 is 0 Å². The molecule has 36 heavy (non-hydrogen) atoms. The van der Waals surface area contributed by atoms with Crippen molar-refractivity contribution in [1.82, 2.24) is 0 Å². The zero-order valence-electron chi connectivity index (χ0n) is 20.0. The number of ether oxygens (including phenoxy) is 3. The van der Waals surface area contributed by atoms with Crippen LogP contribution in [0.3, 0.4) is 0 Å². The normalized spacial score (nSPS) is 24.0. The zero-order valence-corrected chi connectivity index (χ0v) is 20.0. The number of hydrogen-bond acceptors (Lipinski definition) is 9. The number of carbonyl (C=O) groups is 1. The van der Waals surface area contributed by atoms with Crippen molar-refractivity contribution >= 4 is 16.6 Å². The van der Waals surface area contributed by atoms with E-state index in [9.17, 15) is 30.3 Å². The second kappa shape index (κ2) is 10.8. The van der Waals surface area contributed by atoms with Crippen molar-refractivity contribution in [1.29, 1.82) is 0 Å². The van der Waals surface area contributed by atoms with Crippen molar-refractivity contribution in [2.24, 2.45) is 0 Å². The Labute approximate surface area is 208 Å². The highest BCUT2D eigenvalue weighted by atomic mass is 16.7. The molecule has 1 fully saturated rings. The van der Waals surface area contributed by atoms with Crippen LogP contribution in [0.15, 0.2) is 48.5 Å². The minimum atomic E-state index is -1.65. The van der Waals surface area contributed by atoms with Crippen LogP contribution >= 0.6 is 0 Å². The van der Waals surface area contributed by atoms with Gasteiger partial charge in [0.25, 0.3) is 0 Å². The maximum absolute atomic E-state index is 13.2. The first kappa shape index (κ1) is 25.9. The number of hydrogen-bond donors (Lipinski definition) is 5. The van der Waals surface area contributed by atoms with Crippen molar-refractivity contribution in [3.8, 4) is 17.2 Å². The minimum absolute atomic E-state index is 0.0308. The summed E-state index contributed by atoms with van der Waals surface area (Å²) in [4.78, 5) is 13.2. The highest BCUT2D eigenvalue weighted by molar-refractivity contribution is 6.08. The van der Waals surface area contributed by atoms with Crippen LogP contribution < -0.4 is 9.47 Å². The van der Waals surface area contributed by atoms with Crippen molar-refractivity contribution in [3.63, 3.8) is 0 Å². The number of rotatable bonds is 8. The van der Waals surface area contributed by atoms with Crippen LogP contribution in [0, 0.1) is 6.92 Å². The number of Topliss-reactive ketones (excluding diaryl/α,β-unsaturated/α-hetero) is 1. The van der Waals surface area contributed by atoms with Gasteiger partial charge in [-0.2, -0.15) is 0 Å². The highest BCUT2D eigenvalue weighted by Crippen LogP contribution is 2.42. The maximum Gasteiger partial charge on any atom is 0.229 e. The molecule has 0 aromatic heterocycles. The van der Waals surface area contributed by atoms with Crippen molar-refractivity contribution in [3.05, 3.63) is 65.2 Å². The molecule has 1 aliphatic heterocycles. The summed E-state index contributed by atoms with van der Waals surface area (Å²) in [5.74, 6) is -0.122. The molecule has 0 saturated carbocycles. The van der Waals surface area contributed by atoms with Gasteiger partial charge in [0, 0.05) is 12.5 Å². The van der Waals surface area contributed by atoms with Gasteiger partial charge in [-0.3, -0.25) is 4.79 Å². The molecule has 5 atom stereocenters. The van der Waals surface area contributed by atoms with Crippen LogP contribution in [0.1, 0.15) is 27.9 Å². The van der Waals surface area contributed by atoms with Gasteiger partial charge in [0.05, 0.1) is 24.7 Å². The molecule has 9 heteroatoms. The van der Waals surface area contributed by atoms with Crippen LogP contribution in [0.5, 0.6) is 17.2 Å². The molecular weight excluding hydrogens is 468 g/mol. The number of phenols is 1. The third kappa shape index (κ3) is 5.02. The molecule has 1 saturated heterocycles. The number of methoxy groups -OCH3 is 1. The summed E-state index contributed by atoms with van der Waals surface area (Å²) < 4.78 is 16.7. The smallest absolute Gasteiger partial charge is 0.229 e. The monoisotopic (exact) mass is 498 g/mol. The summed E-state index contributed by atoms with van der Waals surface area (Å²) >= 11 is 0. The molecule has 0 unspecified atom stereocenters. The molecule has 0 aliphatic carbocycles. The van der Waals surface area contributed by atoms with Gasteiger partial charge in [0.1, 0.15) is 41.7 Å². The molecule has 5 N–H and O–H groups in total. The van der Waals surface area contributed by atoms with E-state index in [1.165, 1.54) is 13.2 Å². The number of fused-ring (bicyclic) bond motifs is 1. The lowest BCUT2D eigenvalue weighted by Gasteiger charge is -2.39. The fraction of sp³-hybridized carbons (Fsp3) is 0.370. The quantitative estimate of drug-likeness (QED) is 0.294. The van der Waals surface area contributed by atoms with Gasteiger partial charge in [-0.05, 0) is 35.9 Å². The van der Waals surface area contributed by atoms with Gasteiger partial charge in [-0.25, -0.2) is 0 Å². The number of phenolic OH excluding ortho intramolecular Hbond substituents is 1. The van der Waals surface area contributed by atoms with E-state index in [0.717, 1.165) is 5.56 Å². The third-order valence-corrected chi connectivity index (χ3v) is 6.44. The summed E-state index contributed by atoms with van der Waals surface area (Å²) in [6.45, 7) is 1.11. The number of aromatic hydroxyl groups is 1. The summed E-state index contributed by atoms with van der Waals surface area (Å²) in [5.41, 5.74) is 1.73. The van der Waals surface area contributed by atoms with Crippen molar-refractivity contribution in [2.45, 2.75) is 50.5 Å². The van der Waals surface area contributed by atoms with Gasteiger partial charge in [0.15, 0.2) is 5.78 Å². The molecule has 3 aromatic rings. The molecule has 3 aromatic carbocycles. The molecule has 1 aliphatic rings. The van der Waals surface area contributed by atoms with Gasteiger partial charge in [-0.1, -0.05) is 36.4 Å². The predicted octanol–water partition coefficient (Wildman–Crippen LogP) is 1.86. The van der Waals surface area contributed by atoms with E-state index in [-0.39, 0.29) is 34.7 Å². The molecule has 0 amide bonds. The fourth-order valence-corrected chi connectivity index (χ4v) is 4.48. The Morgan fingerprint density at radius 2 is 1.75 bits per heavy atom. The Balaban J connectivity index is 1.72. The number of aliphatic hydroxyl groups is 4. The van der Waals surface area contributed by atoms with Crippen LogP contribution in [-0.4, -0.2) is 75.7 Å². The Kier molecular flexibility index (Phi) is 7.77. The fourth-order valence-electron chi connectivity index (χ4n) is 4.48. The molecule has 4 rings (SSSR count). The van der Waals surface area contributed by atoms with E-state index < -0.39 is 37.3 Å². The molecule has 0 radical (unpaired) electrons. The van der Waals surface area contributed by atoms with Crippen LogP contribution in [0.4, 0.5) is 0 Å². The lowest BCUT2D eigenvalue weighted by Crippen LogP contribution is -2.60. The summed E-state index contributed by atoms with van der Waals surface area (Å²) in [6.07, 6.45) is -6.79. The van der Waals surface area contributed by atoms with E-state index in [4.69, 9.17) is 14.2 Å². The lowest BCUT2D eigenvalue weighted by atomic mass is 9.94. The van der Waals surface area contributed by atoms with Crippen LogP contribution in [0.2, 0.25) is 0 Å². The summed E-state index contributed by atoms with van der Waals surface area (Å²) in [7, 11) is 1.45. The molecule has 0 spiro atoms. The highest BCUT2D eigenvalue weighted by Gasteiger charge is 2.45. The van der Waals surface area contributed by atoms with Crippen LogP contribution in [-0.2, 0) is 11.2 Å². The Bertz CT molecular complexity index is 1230. The van der Waals surface area contributed by atoms with Crippen molar-refractivity contribution < 1.29 is 44.5 Å². The number of ketones is 1. The second-order valence-electron chi connectivity index (χ2n) is 8.86. The Morgan fingerprint density at radius 1 is 1.03 bits per heavy atom. The van der Waals surface area contributed by atoms with Crippen LogP contribution in [0.25, 0.3) is 10.8 Å². The average molecular weight is 499 g/mol. The standard InChI is InChI=1S/C27H30O9/c1-14-10-16-11-17(34-2)12-19(35-27-26(33)25(32)23(30)20(13-28)36-27)22(16)24(31)21(14)18(29)9-8-15-6-4-3-5-7-15/h3-7,10-12,20,23,25-28,30-33H,8-9,13H2,1-2H3/t20-,23-,25+,26-,27-/m1/s1.